The van der Waals surface area contributed by atoms with E-state index in [0.29, 0.717) is 5.92 Å². The van der Waals surface area contributed by atoms with E-state index in [0.717, 1.165) is 19.3 Å². The van der Waals surface area contributed by atoms with Crippen molar-refractivity contribution in [2.45, 2.75) is 37.1 Å². The summed E-state index contributed by atoms with van der Waals surface area (Å²) in [6.45, 7) is 2.06. The molecule has 0 saturated heterocycles. The van der Waals surface area contributed by atoms with Crippen LogP contribution in [0.4, 0.5) is 5.82 Å². The lowest BCUT2D eigenvalue weighted by Gasteiger charge is -2.18. The van der Waals surface area contributed by atoms with Crippen molar-refractivity contribution in [3.05, 3.63) is 18.3 Å². The maximum absolute atomic E-state index is 12.3. The summed E-state index contributed by atoms with van der Waals surface area (Å²) < 4.78 is 27.3. The monoisotopic (exact) mass is 270 g/mol. The van der Waals surface area contributed by atoms with Crippen LogP contribution in [-0.4, -0.2) is 19.4 Å². The molecule has 1 aliphatic rings. The van der Waals surface area contributed by atoms with Crippen LogP contribution in [0.5, 0.6) is 0 Å². The van der Waals surface area contributed by atoms with Crippen LogP contribution in [0.3, 0.4) is 0 Å². The highest BCUT2D eigenvalue weighted by Crippen LogP contribution is 2.27. The molecule has 2 unspecified atom stereocenters. The number of pyridine rings is 1. The molecule has 7 heteroatoms. The molecule has 1 aromatic rings. The van der Waals surface area contributed by atoms with Gasteiger partial charge in [0.2, 0.25) is 10.0 Å². The number of nitrogens with two attached hydrogens (primary N) is 1. The zero-order chi connectivity index (χ0) is 13.2. The van der Waals surface area contributed by atoms with Gasteiger partial charge in [0.15, 0.2) is 5.82 Å². The number of nitrogens with zero attached hydrogens (tertiary/aromatic N) is 1. The van der Waals surface area contributed by atoms with Gasteiger partial charge in [-0.3, -0.25) is 0 Å². The summed E-state index contributed by atoms with van der Waals surface area (Å²) in [4.78, 5) is 3.99. The van der Waals surface area contributed by atoms with Crippen LogP contribution < -0.4 is 16.0 Å². The first kappa shape index (κ1) is 13.3. The Kier molecular flexibility index (Phi) is 3.84. The van der Waals surface area contributed by atoms with Gasteiger partial charge in [-0.2, -0.15) is 0 Å². The molecular weight excluding hydrogens is 252 g/mol. The summed E-state index contributed by atoms with van der Waals surface area (Å²) in [6, 6.07) is 3.07. The minimum Gasteiger partial charge on any atom is -0.307 e. The fourth-order valence-corrected chi connectivity index (χ4v) is 3.80. The lowest BCUT2D eigenvalue weighted by Crippen LogP contribution is -2.37. The third kappa shape index (κ3) is 2.63. The molecule has 1 aromatic heterocycles. The van der Waals surface area contributed by atoms with E-state index in [2.05, 4.69) is 22.1 Å². The normalized spacial score (nSPS) is 24.1. The van der Waals surface area contributed by atoms with Crippen molar-refractivity contribution in [1.29, 1.82) is 0 Å². The molecule has 0 radical (unpaired) electrons. The first-order valence-corrected chi connectivity index (χ1v) is 7.47. The minimum absolute atomic E-state index is 0.000769. The standard InChI is InChI=1S/C11H18N4O2S/c1-8-4-2-5-9(8)15-18(16,17)10-6-3-7-13-11(10)14-12/h3,6-9,15H,2,4-5,12H2,1H3,(H,13,14). The van der Waals surface area contributed by atoms with Crippen molar-refractivity contribution in [2.24, 2.45) is 11.8 Å². The van der Waals surface area contributed by atoms with Crippen LogP contribution in [0, 0.1) is 5.92 Å². The van der Waals surface area contributed by atoms with Crippen molar-refractivity contribution in [1.82, 2.24) is 9.71 Å². The molecule has 4 N–H and O–H groups in total. The molecule has 0 bridgehead atoms. The number of rotatable bonds is 4. The van der Waals surface area contributed by atoms with Gasteiger partial charge in [0.25, 0.3) is 0 Å². The molecule has 2 rings (SSSR count). The Bertz CT molecular complexity index is 518. The number of sulfonamides is 1. The molecule has 18 heavy (non-hydrogen) atoms. The summed E-state index contributed by atoms with van der Waals surface area (Å²) in [5.74, 6) is 5.81. The topological polar surface area (TPSA) is 97.1 Å². The average Bonchev–Trinajstić information content (AvgIpc) is 2.74. The number of nitrogen functional groups attached to an aromatic ring is 1. The quantitative estimate of drug-likeness (QED) is 0.556. The lowest BCUT2D eigenvalue weighted by atomic mass is 10.1. The van der Waals surface area contributed by atoms with Gasteiger partial charge in [-0.05, 0) is 30.9 Å². The third-order valence-electron chi connectivity index (χ3n) is 3.36. The van der Waals surface area contributed by atoms with Crippen molar-refractivity contribution in [3.63, 3.8) is 0 Å². The summed E-state index contributed by atoms with van der Waals surface area (Å²) in [5.41, 5.74) is 2.31. The van der Waals surface area contributed by atoms with Crippen LogP contribution in [0.25, 0.3) is 0 Å². The smallest absolute Gasteiger partial charge is 0.244 e. The molecule has 0 amide bonds. The van der Waals surface area contributed by atoms with Gasteiger partial charge >= 0.3 is 0 Å². The number of anilines is 1. The van der Waals surface area contributed by atoms with Crippen molar-refractivity contribution in [3.8, 4) is 0 Å². The fourth-order valence-electron chi connectivity index (χ4n) is 2.30. The van der Waals surface area contributed by atoms with Crippen LogP contribution in [0.2, 0.25) is 0 Å². The van der Waals surface area contributed by atoms with Gasteiger partial charge in [-0.15, -0.1) is 0 Å². The maximum atomic E-state index is 12.3. The summed E-state index contributed by atoms with van der Waals surface area (Å²) >= 11 is 0. The first-order valence-electron chi connectivity index (χ1n) is 5.98. The largest absolute Gasteiger partial charge is 0.307 e. The molecule has 6 nitrogen and oxygen atoms in total. The van der Waals surface area contributed by atoms with Crippen LogP contribution in [0.15, 0.2) is 23.2 Å². The van der Waals surface area contributed by atoms with Crippen LogP contribution >= 0.6 is 0 Å². The van der Waals surface area contributed by atoms with Crippen LogP contribution in [-0.2, 0) is 10.0 Å². The van der Waals surface area contributed by atoms with E-state index < -0.39 is 10.0 Å². The fraction of sp³-hybridized carbons (Fsp3) is 0.545. The zero-order valence-corrected chi connectivity index (χ0v) is 11.1. The van der Waals surface area contributed by atoms with E-state index >= 15 is 0 Å². The molecule has 0 aromatic carbocycles. The number of aromatic nitrogens is 1. The number of nitrogens with one attached hydrogen (secondary N) is 2. The predicted octanol–water partition coefficient (Wildman–Crippen LogP) is 0.834. The molecule has 1 heterocycles. The highest BCUT2D eigenvalue weighted by Gasteiger charge is 2.29. The second kappa shape index (κ2) is 5.21. The highest BCUT2D eigenvalue weighted by molar-refractivity contribution is 7.89. The molecule has 100 valence electrons. The van der Waals surface area contributed by atoms with Crippen molar-refractivity contribution in [2.75, 3.05) is 5.43 Å². The van der Waals surface area contributed by atoms with Crippen molar-refractivity contribution < 1.29 is 8.42 Å². The highest BCUT2D eigenvalue weighted by atomic mass is 32.2. The SMILES string of the molecule is CC1CCCC1NS(=O)(=O)c1cccnc1NN. The van der Waals surface area contributed by atoms with E-state index in [-0.39, 0.29) is 16.8 Å². The molecule has 0 spiro atoms. The van der Waals surface area contributed by atoms with E-state index in [1.807, 2.05) is 0 Å². The van der Waals surface area contributed by atoms with Gasteiger partial charge in [0.1, 0.15) is 4.90 Å². The van der Waals surface area contributed by atoms with Gasteiger partial charge in [-0.1, -0.05) is 13.3 Å². The Hall–Kier alpha value is -1.18. The maximum Gasteiger partial charge on any atom is 0.244 e. The van der Waals surface area contributed by atoms with Gasteiger partial charge in [-0.25, -0.2) is 24.0 Å². The second-order valence-corrected chi connectivity index (χ2v) is 6.31. The van der Waals surface area contributed by atoms with E-state index in [9.17, 15) is 8.42 Å². The second-order valence-electron chi connectivity index (χ2n) is 4.63. The number of hydrazine groups is 1. The molecule has 0 aliphatic heterocycles. The lowest BCUT2D eigenvalue weighted by molar-refractivity contribution is 0.476. The summed E-state index contributed by atoms with van der Waals surface area (Å²) in [7, 11) is -3.57. The molecule has 1 fully saturated rings. The van der Waals surface area contributed by atoms with Crippen LogP contribution in [0.1, 0.15) is 26.2 Å². The van der Waals surface area contributed by atoms with E-state index in [1.54, 1.807) is 6.07 Å². The van der Waals surface area contributed by atoms with E-state index in [4.69, 9.17) is 5.84 Å². The van der Waals surface area contributed by atoms with Gasteiger partial charge in [0, 0.05) is 12.2 Å². The minimum atomic E-state index is -3.57. The molecule has 1 saturated carbocycles. The van der Waals surface area contributed by atoms with Crippen molar-refractivity contribution >= 4 is 15.8 Å². The third-order valence-corrected chi connectivity index (χ3v) is 4.89. The first-order chi connectivity index (χ1) is 8.54. The average molecular weight is 270 g/mol. The Balaban J connectivity index is 2.25. The number of hydrogen-bond acceptors (Lipinski definition) is 5. The predicted molar refractivity (Wildman–Crippen MR) is 69.2 cm³/mol. The Morgan fingerprint density at radius 3 is 2.83 bits per heavy atom. The Morgan fingerprint density at radius 2 is 2.22 bits per heavy atom. The molecule has 2 atom stereocenters. The molecular formula is C11H18N4O2S. The zero-order valence-electron chi connectivity index (χ0n) is 10.3. The number of hydrogen-bond donors (Lipinski definition) is 3. The Morgan fingerprint density at radius 1 is 1.44 bits per heavy atom. The van der Waals surface area contributed by atoms with Gasteiger partial charge in [0.05, 0.1) is 0 Å². The Labute approximate surface area is 107 Å². The summed E-state index contributed by atoms with van der Waals surface area (Å²) in [5, 5.41) is 0. The van der Waals surface area contributed by atoms with E-state index in [1.165, 1.54) is 12.3 Å². The van der Waals surface area contributed by atoms with Gasteiger partial charge < -0.3 is 5.43 Å². The molecule has 1 aliphatic carbocycles. The summed E-state index contributed by atoms with van der Waals surface area (Å²) in [6.07, 6.45) is 4.49.